The number of carbonyl (C=O) groups excluding carboxylic acids is 1. The van der Waals surface area contributed by atoms with E-state index in [1.165, 1.54) is 16.9 Å². The van der Waals surface area contributed by atoms with E-state index in [0.29, 0.717) is 17.4 Å². The topological polar surface area (TPSA) is 51.2 Å². The van der Waals surface area contributed by atoms with Crippen LogP contribution in [0.25, 0.3) is 10.6 Å². The van der Waals surface area contributed by atoms with E-state index in [4.69, 9.17) is 4.84 Å². The summed E-state index contributed by atoms with van der Waals surface area (Å²) in [4.78, 5) is 22.0. The predicted molar refractivity (Wildman–Crippen MR) is 85.3 cm³/mol. The van der Waals surface area contributed by atoms with Crippen LogP contribution < -0.4 is 5.48 Å². The van der Waals surface area contributed by atoms with Crippen molar-refractivity contribution in [1.29, 1.82) is 0 Å². The van der Waals surface area contributed by atoms with Crippen LogP contribution in [-0.4, -0.2) is 17.5 Å². The summed E-state index contributed by atoms with van der Waals surface area (Å²) in [5.74, 6) is 0.127. The molecule has 0 fully saturated rings. The number of nitrogens with zero attached hydrogens (tertiary/aromatic N) is 1. The molecule has 21 heavy (non-hydrogen) atoms. The van der Waals surface area contributed by atoms with Crippen molar-refractivity contribution in [2.75, 3.05) is 6.61 Å². The monoisotopic (exact) mass is 304 g/mol. The summed E-state index contributed by atoms with van der Waals surface area (Å²) in [6, 6.07) is 6.21. The Morgan fingerprint density at radius 3 is 2.81 bits per heavy atom. The number of aromatic nitrogens is 1. The molecule has 1 heterocycles. The number of amides is 1. The quantitative estimate of drug-likeness (QED) is 0.856. The summed E-state index contributed by atoms with van der Waals surface area (Å²) in [5.41, 5.74) is 5.89. The fourth-order valence-corrected chi connectivity index (χ4v) is 2.77. The summed E-state index contributed by atoms with van der Waals surface area (Å²) < 4.78 is 0. The van der Waals surface area contributed by atoms with Crippen LogP contribution >= 0.6 is 11.3 Å². The maximum atomic E-state index is 11.9. The second-order valence-corrected chi connectivity index (χ2v) is 6.51. The third-order valence-corrected chi connectivity index (χ3v) is 3.95. The van der Waals surface area contributed by atoms with Gasteiger partial charge in [-0.3, -0.25) is 9.63 Å². The first kappa shape index (κ1) is 15.7. The van der Waals surface area contributed by atoms with Crippen LogP contribution in [0.2, 0.25) is 0 Å². The van der Waals surface area contributed by atoms with Crippen molar-refractivity contribution in [3.05, 3.63) is 40.4 Å². The smallest absolute Gasteiger partial charge is 0.273 e. The van der Waals surface area contributed by atoms with Gasteiger partial charge in [0.15, 0.2) is 0 Å². The number of rotatable bonds is 5. The lowest BCUT2D eigenvalue weighted by atomic mass is 10.1. The molecule has 0 bridgehead atoms. The van der Waals surface area contributed by atoms with Crippen LogP contribution in [0.5, 0.6) is 0 Å². The minimum atomic E-state index is -0.246. The minimum Gasteiger partial charge on any atom is -0.273 e. The van der Waals surface area contributed by atoms with Gasteiger partial charge in [0.05, 0.1) is 12.8 Å². The zero-order chi connectivity index (χ0) is 15.4. The van der Waals surface area contributed by atoms with E-state index in [1.807, 2.05) is 19.9 Å². The van der Waals surface area contributed by atoms with Crippen molar-refractivity contribution in [2.45, 2.75) is 27.7 Å². The number of thiazole rings is 1. The maximum Gasteiger partial charge on any atom is 0.286 e. The van der Waals surface area contributed by atoms with Gasteiger partial charge in [0.2, 0.25) is 0 Å². The molecule has 0 aliphatic heterocycles. The van der Waals surface area contributed by atoms with Crippen LogP contribution in [0.15, 0.2) is 24.4 Å². The van der Waals surface area contributed by atoms with Crippen LogP contribution in [0.3, 0.4) is 0 Å². The normalized spacial score (nSPS) is 10.9. The fraction of sp³-hybridized carbons (Fsp3) is 0.375. The molecule has 2 aromatic rings. The molecule has 0 spiro atoms. The third-order valence-electron chi connectivity index (χ3n) is 2.92. The highest BCUT2D eigenvalue weighted by Crippen LogP contribution is 2.28. The van der Waals surface area contributed by atoms with Crippen LogP contribution in [0.1, 0.15) is 34.6 Å². The van der Waals surface area contributed by atoms with E-state index in [9.17, 15) is 4.79 Å². The standard InChI is InChI=1S/C16H20N2O2S/c1-10(2)9-20-18-15(19)14-8-17-16(21-14)13-6-5-11(3)7-12(13)4/h5-8,10H,9H2,1-4H3,(H,18,19). The molecule has 1 N–H and O–H groups in total. The molecular weight excluding hydrogens is 284 g/mol. The number of aryl methyl sites for hydroxylation is 2. The molecule has 0 radical (unpaired) electrons. The Kier molecular flexibility index (Phi) is 5.09. The molecule has 4 nitrogen and oxygen atoms in total. The van der Waals surface area contributed by atoms with Crippen molar-refractivity contribution in [3.63, 3.8) is 0 Å². The Balaban J connectivity index is 2.09. The summed E-state index contributed by atoms with van der Waals surface area (Å²) in [7, 11) is 0. The SMILES string of the molecule is Cc1ccc(-c2ncc(C(=O)NOCC(C)C)s2)c(C)c1. The number of hydrogen-bond donors (Lipinski definition) is 1. The zero-order valence-electron chi connectivity index (χ0n) is 12.8. The van der Waals surface area contributed by atoms with Gasteiger partial charge >= 0.3 is 0 Å². The summed E-state index contributed by atoms with van der Waals surface area (Å²) in [6.45, 7) is 8.65. The fourth-order valence-electron chi connectivity index (χ4n) is 1.88. The molecule has 0 atom stereocenters. The minimum absolute atomic E-state index is 0.246. The Morgan fingerprint density at radius 1 is 1.38 bits per heavy atom. The summed E-state index contributed by atoms with van der Waals surface area (Å²) in [6.07, 6.45) is 1.59. The van der Waals surface area contributed by atoms with Gasteiger partial charge in [0.25, 0.3) is 5.91 Å². The van der Waals surface area contributed by atoms with Gasteiger partial charge in [-0.05, 0) is 25.3 Å². The number of benzene rings is 1. The van der Waals surface area contributed by atoms with Crippen LogP contribution in [0, 0.1) is 19.8 Å². The van der Waals surface area contributed by atoms with Crippen molar-refractivity contribution >= 4 is 17.2 Å². The van der Waals surface area contributed by atoms with Crippen LogP contribution in [-0.2, 0) is 4.84 Å². The summed E-state index contributed by atoms with van der Waals surface area (Å²) >= 11 is 1.37. The number of hydroxylamine groups is 1. The molecule has 1 aromatic carbocycles. The second-order valence-electron chi connectivity index (χ2n) is 5.48. The first-order valence-electron chi connectivity index (χ1n) is 6.93. The third kappa shape index (κ3) is 4.12. The van der Waals surface area contributed by atoms with Gasteiger partial charge in [-0.1, -0.05) is 37.6 Å². The second kappa shape index (κ2) is 6.83. The number of hydrogen-bond acceptors (Lipinski definition) is 4. The molecule has 0 aliphatic carbocycles. The highest BCUT2D eigenvalue weighted by molar-refractivity contribution is 7.16. The molecule has 1 aromatic heterocycles. The van der Waals surface area contributed by atoms with E-state index in [1.54, 1.807) is 6.20 Å². The van der Waals surface area contributed by atoms with Crippen molar-refractivity contribution in [1.82, 2.24) is 10.5 Å². The van der Waals surface area contributed by atoms with Crippen molar-refractivity contribution < 1.29 is 9.63 Å². The largest absolute Gasteiger partial charge is 0.286 e. The first-order valence-corrected chi connectivity index (χ1v) is 7.74. The van der Waals surface area contributed by atoms with E-state index < -0.39 is 0 Å². The average molecular weight is 304 g/mol. The van der Waals surface area contributed by atoms with Gasteiger partial charge in [0.1, 0.15) is 9.88 Å². The Labute approximate surface area is 129 Å². The van der Waals surface area contributed by atoms with Crippen molar-refractivity contribution in [3.8, 4) is 10.6 Å². The van der Waals surface area contributed by atoms with E-state index in [-0.39, 0.29) is 5.91 Å². The summed E-state index contributed by atoms with van der Waals surface area (Å²) in [5, 5.41) is 0.849. The Bertz CT molecular complexity index is 635. The van der Waals surface area contributed by atoms with E-state index in [0.717, 1.165) is 16.1 Å². The molecule has 112 valence electrons. The Hall–Kier alpha value is -1.72. The first-order chi connectivity index (χ1) is 9.97. The van der Waals surface area contributed by atoms with Gasteiger partial charge in [-0.15, -0.1) is 11.3 Å². The molecule has 2 rings (SSSR count). The van der Waals surface area contributed by atoms with Crippen molar-refractivity contribution in [2.24, 2.45) is 5.92 Å². The maximum absolute atomic E-state index is 11.9. The van der Waals surface area contributed by atoms with E-state index >= 15 is 0 Å². The van der Waals surface area contributed by atoms with E-state index in [2.05, 4.69) is 36.4 Å². The predicted octanol–water partition coefficient (Wildman–Crippen LogP) is 3.74. The molecular formula is C16H20N2O2S. The highest BCUT2D eigenvalue weighted by Gasteiger charge is 2.13. The molecule has 0 unspecified atom stereocenters. The molecule has 5 heteroatoms. The molecule has 0 saturated carbocycles. The van der Waals surface area contributed by atoms with Gasteiger partial charge < -0.3 is 0 Å². The van der Waals surface area contributed by atoms with Gasteiger partial charge in [0, 0.05) is 5.56 Å². The number of carbonyl (C=O) groups is 1. The average Bonchev–Trinajstić information content (AvgIpc) is 2.87. The molecule has 0 saturated heterocycles. The molecule has 1 amide bonds. The number of nitrogens with one attached hydrogen (secondary N) is 1. The lowest BCUT2D eigenvalue weighted by Gasteiger charge is -2.06. The Morgan fingerprint density at radius 2 is 2.14 bits per heavy atom. The van der Waals surface area contributed by atoms with Gasteiger partial charge in [-0.25, -0.2) is 10.5 Å². The highest BCUT2D eigenvalue weighted by atomic mass is 32.1. The van der Waals surface area contributed by atoms with Crippen LogP contribution in [0.4, 0.5) is 0 Å². The zero-order valence-corrected chi connectivity index (χ0v) is 13.6. The van der Waals surface area contributed by atoms with Gasteiger partial charge in [-0.2, -0.15) is 0 Å². The lowest BCUT2D eigenvalue weighted by molar-refractivity contribution is 0.0212. The lowest BCUT2D eigenvalue weighted by Crippen LogP contribution is -2.24. The molecule has 0 aliphatic rings.